The number of hydrogen-bond donors (Lipinski definition) is 1. The molecular formula is C26H23N3O3. The number of allylic oxidation sites excluding steroid dienone is 1. The lowest BCUT2D eigenvalue weighted by molar-refractivity contribution is -0.124. The number of ether oxygens (including phenoxy) is 1. The number of carbonyl (C=O) groups excluding carboxylic acids is 2. The molecule has 32 heavy (non-hydrogen) atoms. The number of carbonyl (C=O) groups is 2. The molecule has 0 atom stereocenters. The van der Waals surface area contributed by atoms with Crippen LogP contribution in [-0.4, -0.2) is 30.0 Å². The number of esters is 1. The lowest BCUT2D eigenvalue weighted by Crippen LogP contribution is -2.29. The summed E-state index contributed by atoms with van der Waals surface area (Å²) < 4.78 is 5.37. The minimum Gasteiger partial charge on any atom is -0.452 e. The fourth-order valence-electron chi connectivity index (χ4n) is 3.97. The van der Waals surface area contributed by atoms with Crippen molar-refractivity contribution in [3.05, 3.63) is 77.0 Å². The number of benzene rings is 2. The van der Waals surface area contributed by atoms with Crippen molar-refractivity contribution in [2.24, 2.45) is 0 Å². The van der Waals surface area contributed by atoms with Crippen molar-refractivity contribution in [3.63, 3.8) is 0 Å². The van der Waals surface area contributed by atoms with E-state index in [2.05, 4.69) is 11.4 Å². The van der Waals surface area contributed by atoms with Gasteiger partial charge in [-0.15, -0.1) is 0 Å². The summed E-state index contributed by atoms with van der Waals surface area (Å²) in [5.41, 5.74) is 5.07. The van der Waals surface area contributed by atoms with Gasteiger partial charge in [-0.05, 0) is 48.1 Å². The van der Waals surface area contributed by atoms with Gasteiger partial charge in [0.2, 0.25) is 0 Å². The fraction of sp³-hybridized carbons (Fsp3) is 0.231. The van der Waals surface area contributed by atoms with Gasteiger partial charge in [0.05, 0.1) is 29.3 Å². The summed E-state index contributed by atoms with van der Waals surface area (Å²) in [5, 5.41) is 11.9. The maximum atomic E-state index is 13.1. The van der Waals surface area contributed by atoms with Gasteiger partial charge in [0, 0.05) is 11.9 Å². The molecule has 1 aromatic heterocycles. The molecule has 0 aliphatic heterocycles. The Morgan fingerprint density at radius 3 is 2.69 bits per heavy atom. The first-order chi connectivity index (χ1) is 15.7. The Balaban J connectivity index is 1.70. The Morgan fingerprint density at radius 2 is 1.88 bits per heavy atom. The fourth-order valence-corrected chi connectivity index (χ4v) is 3.97. The minimum atomic E-state index is -0.531. The van der Waals surface area contributed by atoms with E-state index in [0.717, 1.165) is 52.6 Å². The molecule has 1 aliphatic carbocycles. The van der Waals surface area contributed by atoms with Crippen molar-refractivity contribution in [2.45, 2.75) is 25.7 Å². The predicted molar refractivity (Wildman–Crippen MR) is 123 cm³/mol. The Bertz CT molecular complexity index is 1230. The highest BCUT2D eigenvalue weighted by molar-refractivity contribution is 6.07. The van der Waals surface area contributed by atoms with Gasteiger partial charge in [-0.25, -0.2) is 9.78 Å². The van der Waals surface area contributed by atoms with Gasteiger partial charge >= 0.3 is 5.97 Å². The summed E-state index contributed by atoms with van der Waals surface area (Å²) in [6.45, 7) is -0.156. The van der Waals surface area contributed by atoms with Crippen molar-refractivity contribution in [1.29, 1.82) is 5.26 Å². The SMILES string of the molecule is N#CCCNC(=O)COC(=O)c1c2c(nc3ccccc13)/C(=C/c1ccccc1)CCC2. The number of nitrogens with one attached hydrogen (secondary N) is 1. The van der Waals surface area contributed by atoms with Gasteiger partial charge in [-0.2, -0.15) is 5.26 Å². The Morgan fingerprint density at radius 1 is 1.09 bits per heavy atom. The standard InChI is InChI=1S/C26H23N3O3/c27-14-7-15-28-23(30)17-32-26(31)24-20-11-4-5-13-22(20)29-25-19(10-6-12-21(24)25)16-18-8-2-1-3-9-18/h1-5,8-9,11,13,16H,6-7,10,12,15,17H2,(H,28,30)/b19-16+. The molecule has 1 aliphatic rings. The van der Waals surface area contributed by atoms with Crippen LogP contribution in [0, 0.1) is 11.3 Å². The number of fused-ring (bicyclic) bond motifs is 2. The summed E-state index contributed by atoms with van der Waals surface area (Å²) in [4.78, 5) is 30.0. The second kappa shape index (κ2) is 9.88. The maximum absolute atomic E-state index is 13.1. The number of amides is 1. The van der Waals surface area contributed by atoms with Crippen molar-refractivity contribution < 1.29 is 14.3 Å². The summed E-state index contributed by atoms with van der Waals surface area (Å²) in [6.07, 6.45) is 4.83. The summed E-state index contributed by atoms with van der Waals surface area (Å²) in [7, 11) is 0. The van der Waals surface area contributed by atoms with Crippen LogP contribution >= 0.6 is 0 Å². The van der Waals surface area contributed by atoms with Crippen LogP contribution in [0.5, 0.6) is 0 Å². The normalized spacial score (nSPS) is 13.9. The first-order valence-electron chi connectivity index (χ1n) is 10.7. The van der Waals surface area contributed by atoms with Crippen LogP contribution in [-0.2, 0) is 16.0 Å². The molecule has 0 fully saturated rings. The van der Waals surface area contributed by atoms with Crippen molar-refractivity contribution in [1.82, 2.24) is 10.3 Å². The van der Waals surface area contributed by atoms with Gasteiger partial charge in [-0.1, -0.05) is 48.5 Å². The number of rotatable bonds is 6. The molecule has 0 unspecified atom stereocenters. The summed E-state index contributed by atoms with van der Waals surface area (Å²) >= 11 is 0. The average Bonchev–Trinajstić information content (AvgIpc) is 2.82. The lowest BCUT2D eigenvalue weighted by atomic mass is 9.86. The molecule has 1 amide bonds. The highest BCUT2D eigenvalue weighted by Crippen LogP contribution is 2.36. The number of nitriles is 1. The third-order valence-corrected chi connectivity index (χ3v) is 5.41. The third-order valence-electron chi connectivity index (χ3n) is 5.41. The summed E-state index contributed by atoms with van der Waals surface area (Å²) in [6, 6.07) is 19.5. The molecule has 160 valence electrons. The first kappa shape index (κ1) is 21.3. The zero-order valence-electron chi connectivity index (χ0n) is 17.6. The van der Waals surface area contributed by atoms with Gasteiger partial charge in [0.15, 0.2) is 6.61 Å². The highest BCUT2D eigenvalue weighted by Gasteiger charge is 2.26. The molecule has 1 heterocycles. The topological polar surface area (TPSA) is 92.1 Å². The van der Waals surface area contributed by atoms with Crippen molar-refractivity contribution in [3.8, 4) is 6.07 Å². The second-order valence-electron chi connectivity index (χ2n) is 7.60. The first-order valence-corrected chi connectivity index (χ1v) is 10.7. The van der Waals surface area contributed by atoms with Gasteiger partial charge in [-0.3, -0.25) is 4.79 Å². The molecule has 1 N–H and O–H groups in total. The average molecular weight is 425 g/mol. The van der Waals surface area contributed by atoms with Gasteiger partial charge < -0.3 is 10.1 Å². The smallest absolute Gasteiger partial charge is 0.339 e. The molecule has 6 heteroatoms. The maximum Gasteiger partial charge on any atom is 0.339 e. The monoisotopic (exact) mass is 425 g/mol. The van der Waals surface area contributed by atoms with Crippen LogP contribution in [0.4, 0.5) is 0 Å². The number of para-hydroxylation sites is 1. The molecule has 0 bridgehead atoms. The Labute approximate surface area is 186 Å². The molecule has 6 nitrogen and oxygen atoms in total. The highest BCUT2D eigenvalue weighted by atomic mass is 16.5. The minimum absolute atomic E-state index is 0.207. The quantitative estimate of drug-likeness (QED) is 0.470. The Kier molecular flexibility index (Phi) is 6.57. The molecule has 0 saturated carbocycles. The van der Waals surface area contributed by atoms with E-state index in [1.54, 1.807) is 0 Å². The van der Waals surface area contributed by atoms with Crippen LogP contribution in [0.2, 0.25) is 0 Å². The molecule has 0 spiro atoms. The van der Waals surface area contributed by atoms with E-state index in [1.165, 1.54) is 0 Å². The Hall–Kier alpha value is -3.98. The van der Waals surface area contributed by atoms with Crippen molar-refractivity contribution in [2.75, 3.05) is 13.2 Å². The molecular weight excluding hydrogens is 402 g/mol. The molecule has 3 aromatic rings. The third kappa shape index (κ3) is 4.68. The molecule has 2 aromatic carbocycles. The number of nitrogens with zero attached hydrogens (tertiary/aromatic N) is 2. The van der Waals surface area contributed by atoms with Gasteiger partial charge in [0.25, 0.3) is 5.91 Å². The number of hydrogen-bond acceptors (Lipinski definition) is 5. The van der Waals surface area contributed by atoms with Crippen LogP contribution in [0.1, 0.15) is 46.4 Å². The largest absolute Gasteiger partial charge is 0.452 e. The zero-order valence-corrected chi connectivity index (χ0v) is 17.6. The zero-order chi connectivity index (χ0) is 22.3. The molecule has 0 saturated heterocycles. The summed E-state index contributed by atoms with van der Waals surface area (Å²) in [5.74, 6) is -0.957. The number of pyridine rings is 1. The van der Waals surface area contributed by atoms with Crippen LogP contribution in [0.25, 0.3) is 22.6 Å². The second-order valence-corrected chi connectivity index (χ2v) is 7.60. The van der Waals surface area contributed by atoms with Crippen LogP contribution in [0.3, 0.4) is 0 Å². The van der Waals surface area contributed by atoms with E-state index < -0.39 is 11.9 Å². The van der Waals surface area contributed by atoms with E-state index in [1.807, 2.05) is 60.7 Å². The van der Waals surface area contributed by atoms with Crippen LogP contribution < -0.4 is 5.32 Å². The van der Waals surface area contributed by atoms with E-state index in [9.17, 15) is 9.59 Å². The van der Waals surface area contributed by atoms with E-state index in [-0.39, 0.29) is 19.6 Å². The predicted octanol–water partition coefficient (Wildman–Crippen LogP) is 4.30. The van der Waals surface area contributed by atoms with E-state index >= 15 is 0 Å². The molecule has 0 radical (unpaired) electrons. The van der Waals surface area contributed by atoms with E-state index in [0.29, 0.717) is 5.56 Å². The van der Waals surface area contributed by atoms with Crippen LogP contribution in [0.15, 0.2) is 54.6 Å². The molecule has 4 rings (SSSR count). The number of aromatic nitrogens is 1. The van der Waals surface area contributed by atoms with Crippen molar-refractivity contribution >= 4 is 34.4 Å². The van der Waals surface area contributed by atoms with Gasteiger partial charge in [0.1, 0.15) is 0 Å². The lowest BCUT2D eigenvalue weighted by Gasteiger charge is -2.22. The van der Waals surface area contributed by atoms with E-state index in [4.69, 9.17) is 15.0 Å².